The maximum Gasteiger partial charge on any atom is 0.236 e. The molecule has 6 nitrogen and oxygen atoms in total. The van der Waals surface area contributed by atoms with E-state index in [0.29, 0.717) is 39.0 Å². The van der Waals surface area contributed by atoms with Crippen molar-refractivity contribution in [1.29, 1.82) is 0 Å². The Morgan fingerprint density at radius 1 is 1.30 bits per heavy atom. The number of nitrogens with one attached hydrogen (secondary N) is 1. The van der Waals surface area contributed by atoms with E-state index in [-0.39, 0.29) is 30.2 Å². The predicted octanol–water partition coefficient (Wildman–Crippen LogP) is 1.55. The predicted molar refractivity (Wildman–Crippen MR) is 95.3 cm³/mol. The van der Waals surface area contributed by atoms with E-state index >= 15 is 0 Å². The number of piperidine rings is 1. The molecule has 2 fully saturated rings. The van der Waals surface area contributed by atoms with E-state index in [4.69, 9.17) is 4.74 Å². The Morgan fingerprint density at radius 3 is 2.93 bits per heavy atom. The van der Waals surface area contributed by atoms with Gasteiger partial charge < -0.3 is 19.9 Å². The van der Waals surface area contributed by atoms with Crippen LogP contribution in [0.25, 0.3) is 0 Å². The summed E-state index contributed by atoms with van der Waals surface area (Å²) in [7, 11) is 0. The van der Waals surface area contributed by atoms with Gasteiger partial charge in [-0.2, -0.15) is 0 Å². The van der Waals surface area contributed by atoms with E-state index in [1.807, 2.05) is 9.80 Å². The van der Waals surface area contributed by atoms with Crippen LogP contribution in [0.4, 0.5) is 8.78 Å². The first-order valence-electron chi connectivity index (χ1n) is 9.40. The fraction of sp³-hybridized carbons (Fsp3) is 0.579. The number of piperazine rings is 1. The molecule has 27 heavy (non-hydrogen) atoms. The lowest BCUT2D eigenvalue weighted by Gasteiger charge is -2.41. The van der Waals surface area contributed by atoms with E-state index in [1.165, 1.54) is 6.07 Å². The Kier molecular flexibility index (Phi) is 6.60. The Hall–Kier alpha value is -2.22. The van der Waals surface area contributed by atoms with E-state index in [9.17, 15) is 18.4 Å². The highest BCUT2D eigenvalue weighted by Gasteiger charge is 2.31. The van der Waals surface area contributed by atoms with Gasteiger partial charge in [0.25, 0.3) is 0 Å². The molecule has 0 radical (unpaired) electrons. The summed E-state index contributed by atoms with van der Waals surface area (Å²) in [5, 5.41) is 3.06. The molecule has 0 saturated carbocycles. The molecule has 2 aliphatic heterocycles. The molecule has 1 unspecified atom stereocenters. The minimum absolute atomic E-state index is 0.0147. The highest BCUT2D eigenvalue weighted by atomic mass is 19.1. The van der Waals surface area contributed by atoms with Gasteiger partial charge in [0.1, 0.15) is 5.82 Å². The molecule has 2 heterocycles. The second kappa shape index (κ2) is 9.12. The summed E-state index contributed by atoms with van der Waals surface area (Å²) in [4.78, 5) is 28.2. The molecule has 1 aromatic rings. The smallest absolute Gasteiger partial charge is 0.236 e. The fourth-order valence-electron chi connectivity index (χ4n) is 3.60. The summed E-state index contributed by atoms with van der Waals surface area (Å²) in [6.45, 7) is 3.28. The first-order valence-corrected chi connectivity index (χ1v) is 9.40. The van der Waals surface area contributed by atoms with Crippen LogP contribution in [-0.4, -0.2) is 67.0 Å². The van der Waals surface area contributed by atoms with Crippen molar-refractivity contribution in [3.05, 3.63) is 29.8 Å². The van der Waals surface area contributed by atoms with E-state index in [1.54, 1.807) is 0 Å². The van der Waals surface area contributed by atoms with Crippen LogP contribution in [0.5, 0.6) is 5.75 Å². The quantitative estimate of drug-likeness (QED) is 0.760. The van der Waals surface area contributed by atoms with Crippen LogP contribution >= 0.6 is 0 Å². The zero-order valence-corrected chi connectivity index (χ0v) is 15.3. The zero-order chi connectivity index (χ0) is 19.2. The molecule has 3 rings (SSSR count). The lowest BCUT2D eigenvalue weighted by molar-refractivity contribution is -0.140. The molecule has 0 aromatic heterocycles. The van der Waals surface area contributed by atoms with Gasteiger partial charge in [-0.1, -0.05) is 0 Å². The molecule has 0 aliphatic carbocycles. The van der Waals surface area contributed by atoms with Crippen LogP contribution in [-0.2, 0) is 9.59 Å². The van der Waals surface area contributed by atoms with Crippen molar-refractivity contribution in [2.24, 2.45) is 0 Å². The number of hydrogen-bond acceptors (Lipinski definition) is 4. The Bertz CT molecular complexity index is 686. The maximum absolute atomic E-state index is 13.5. The number of nitrogens with zero attached hydrogens (tertiary/aromatic N) is 2. The topological polar surface area (TPSA) is 61.9 Å². The van der Waals surface area contributed by atoms with E-state index in [0.717, 1.165) is 31.5 Å². The Labute approximate surface area is 157 Å². The molecule has 0 bridgehead atoms. The standard InChI is InChI=1S/C19H25F2N3O3/c20-14-5-6-17(16(21)11-14)27-10-2-4-18(25)23-8-1-3-15(13-23)24-9-7-22-12-19(24)26/h5-6,11,15,22H,1-4,7-10,12-13H2. The largest absolute Gasteiger partial charge is 0.491 e. The first kappa shape index (κ1) is 19.5. The van der Waals surface area contributed by atoms with Gasteiger partial charge in [0.05, 0.1) is 13.2 Å². The molecule has 2 amide bonds. The lowest BCUT2D eigenvalue weighted by Crippen LogP contribution is -2.57. The summed E-state index contributed by atoms with van der Waals surface area (Å²) >= 11 is 0. The number of hydrogen-bond donors (Lipinski definition) is 1. The van der Waals surface area contributed by atoms with Crippen LogP contribution in [0, 0.1) is 11.6 Å². The van der Waals surface area contributed by atoms with Crippen molar-refractivity contribution in [3.63, 3.8) is 0 Å². The molecule has 2 aliphatic rings. The molecule has 0 spiro atoms. The second-order valence-corrected chi connectivity index (χ2v) is 6.93. The average Bonchev–Trinajstić information content (AvgIpc) is 2.67. The van der Waals surface area contributed by atoms with Gasteiger partial charge >= 0.3 is 0 Å². The van der Waals surface area contributed by atoms with Crippen LogP contribution in [0.1, 0.15) is 25.7 Å². The van der Waals surface area contributed by atoms with Crippen molar-refractivity contribution < 1.29 is 23.1 Å². The third kappa shape index (κ3) is 5.15. The molecule has 1 atom stereocenters. The average molecular weight is 381 g/mol. The highest BCUT2D eigenvalue weighted by molar-refractivity contribution is 5.80. The van der Waals surface area contributed by atoms with E-state index < -0.39 is 11.6 Å². The summed E-state index contributed by atoms with van der Waals surface area (Å²) in [6.07, 6.45) is 2.54. The van der Waals surface area contributed by atoms with Gasteiger partial charge in [-0.3, -0.25) is 9.59 Å². The van der Waals surface area contributed by atoms with Crippen molar-refractivity contribution in [3.8, 4) is 5.75 Å². The number of carbonyl (C=O) groups excluding carboxylic acids is 2. The second-order valence-electron chi connectivity index (χ2n) is 6.93. The van der Waals surface area contributed by atoms with Crippen LogP contribution in [0.2, 0.25) is 0 Å². The minimum Gasteiger partial charge on any atom is -0.491 e. The van der Waals surface area contributed by atoms with E-state index in [2.05, 4.69) is 5.32 Å². The van der Waals surface area contributed by atoms with Gasteiger partial charge in [-0.05, 0) is 31.4 Å². The molecule has 8 heteroatoms. The van der Waals surface area contributed by atoms with Gasteiger partial charge in [-0.15, -0.1) is 0 Å². The lowest BCUT2D eigenvalue weighted by atomic mass is 10.0. The molecule has 1 aromatic carbocycles. The normalized spacial score (nSPS) is 20.7. The number of halogens is 2. The molecular weight excluding hydrogens is 356 g/mol. The molecule has 1 N–H and O–H groups in total. The number of amides is 2. The molecule has 2 saturated heterocycles. The number of ether oxygens (including phenoxy) is 1. The number of likely N-dealkylation sites (tertiary alicyclic amines) is 1. The van der Waals surface area contributed by atoms with Crippen molar-refractivity contribution in [2.45, 2.75) is 31.7 Å². The first-order chi connectivity index (χ1) is 13.0. The minimum atomic E-state index is -0.749. The van der Waals surface area contributed by atoms with Gasteiger partial charge in [-0.25, -0.2) is 8.78 Å². The van der Waals surface area contributed by atoms with Crippen molar-refractivity contribution in [2.75, 3.05) is 39.3 Å². The van der Waals surface area contributed by atoms with Crippen LogP contribution < -0.4 is 10.1 Å². The number of benzene rings is 1. The summed E-state index contributed by atoms with van der Waals surface area (Å²) in [5.74, 6) is -1.31. The SMILES string of the molecule is O=C(CCCOc1ccc(F)cc1F)N1CCCC(N2CCNCC2=O)C1. The van der Waals surface area contributed by atoms with Gasteiger partial charge in [0, 0.05) is 44.7 Å². The van der Waals surface area contributed by atoms with Crippen LogP contribution in [0.15, 0.2) is 18.2 Å². The number of rotatable bonds is 6. The highest BCUT2D eigenvalue weighted by Crippen LogP contribution is 2.19. The third-order valence-electron chi connectivity index (χ3n) is 5.00. The third-order valence-corrected chi connectivity index (χ3v) is 5.00. The summed E-state index contributed by atoms with van der Waals surface area (Å²) < 4.78 is 31.7. The Balaban J connectivity index is 1.43. The van der Waals surface area contributed by atoms with Gasteiger partial charge in [0.2, 0.25) is 11.8 Å². The maximum atomic E-state index is 13.5. The molecule has 148 valence electrons. The summed E-state index contributed by atoms with van der Waals surface area (Å²) in [6, 6.07) is 3.23. The zero-order valence-electron chi connectivity index (χ0n) is 15.3. The Morgan fingerprint density at radius 2 is 2.15 bits per heavy atom. The van der Waals surface area contributed by atoms with Crippen molar-refractivity contribution >= 4 is 11.8 Å². The molecular formula is C19H25F2N3O3. The fourth-order valence-corrected chi connectivity index (χ4v) is 3.60. The monoisotopic (exact) mass is 381 g/mol. The van der Waals surface area contributed by atoms with Crippen molar-refractivity contribution in [1.82, 2.24) is 15.1 Å². The van der Waals surface area contributed by atoms with Crippen LogP contribution in [0.3, 0.4) is 0 Å². The number of carbonyl (C=O) groups is 2. The summed E-state index contributed by atoms with van der Waals surface area (Å²) in [5.41, 5.74) is 0. The van der Waals surface area contributed by atoms with Gasteiger partial charge in [0.15, 0.2) is 11.6 Å².